The summed E-state index contributed by atoms with van der Waals surface area (Å²) in [6, 6.07) is 5.28. The summed E-state index contributed by atoms with van der Waals surface area (Å²) in [6.45, 7) is 1.54. The number of hydrogen-bond acceptors (Lipinski definition) is 3. The highest BCUT2D eigenvalue weighted by molar-refractivity contribution is 9.10. The van der Waals surface area contributed by atoms with Crippen LogP contribution in [0.15, 0.2) is 22.8 Å². The molecule has 1 heterocycles. The normalized spacial score (nSPS) is 15.7. The molecule has 1 atom stereocenters. The Morgan fingerprint density at radius 3 is 2.75 bits per heavy atom. The fourth-order valence-corrected chi connectivity index (χ4v) is 1.11. The van der Waals surface area contributed by atoms with Crippen LogP contribution in [0.1, 0.15) is 12.6 Å². The van der Waals surface area contributed by atoms with E-state index in [4.69, 9.17) is 4.74 Å². The second-order valence-electron chi connectivity index (χ2n) is 2.53. The molecule has 3 nitrogen and oxygen atoms in total. The van der Waals surface area contributed by atoms with E-state index in [1.165, 1.54) is 7.11 Å². The molecular weight excluding hydrogens is 222 g/mol. The molecule has 0 saturated heterocycles. The smallest absolute Gasteiger partial charge is 0.206 e. The molecule has 1 unspecified atom stereocenters. The molecule has 0 saturated carbocycles. The average molecular weight is 232 g/mol. The van der Waals surface area contributed by atoms with Crippen molar-refractivity contribution >= 4 is 15.9 Å². The largest absolute Gasteiger partial charge is 0.361 e. The third kappa shape index (κ3) is 2.03. The van der Waals surface area contributed by atoms with Crippen molar-refractivity contribution in [2.45, 2.75) is 12.7 Å². The molecule has 66 valence electrons. The Morgan fingerprint density at radius 2 is 2.25 bits per heavy atom. The van der Waals surface area contributed by atoms with E-state index < -0.39 is 5.79 Å². The minimum Gasteiger partial charge on any atom is -0.361 e. The Hall–Kier alpha value is -0.450. The summed E-state index contributed by atoms with van der Waals surface area (Å²) in [4.78, 5) is 4.06. The van der Waals surface area contributed by atoms with E-state index >= 15 is 0 Å². The monoisotopic (exact) mass is 231 g/mol. The van der Waals surface area contributed by atoms with Gasteiger partial charge < -0.3 is 9.84 Å². The fraction of sp³-hybridized carbons (Fsp3) is 0.375. The molecule has 1 aromatic rings. The molecule has 0 amide bonds. The van der Waals surface area contributed by atoms with E-state index in [0.717, 1.165) is 0 Å². The second kappa shape index (κ2) is 3.51. The molecule has 1 N–H and O–H groups in total. The van der Waals surface area contributed by atoms with Gasteiger partial charge >= 0.3 is 0 Å². The third-order valence-corrected chi connectivity index (χ3v) is 2.03. The maximum atomic E-state index is 9.61. The minimum atomic E-state index is -1.32. The van der Waals surface area contributed by atoms with Gasteiger partial charge in [0, 0.05) is 7.11 Å². The van der Waals surface area contributed by atoms with Crippen molar-refractivity contribution in [3.8, 4) is 0 Å². The first-order valence-corrected chi connectivity index (χ1v) is 4.26. The first-order chi connectivity index (χ1) is 5.56. The van der Waals surface area contributed by atoms with Crippen LogP contribution in [0.25, 0.3) is 0 Å². The lowest BCUT2D eigenvalue weighted by atomic mass is 10.2. The standard InChI is InChI=1S/C8H10BrNO2/c1-8(11,12-2)6-4-3-5-7(9)10-6/h3-5,11H,1-2H3. The highest BCUT2D eigenvalue weighted by Crippen LogP contribution is 2.20. The second-order valence-corrected chi connectivity index (χ2v) is 3.35. The molecule has 0 spiro atoms. The zero-order chi connectivity index (χ0) is 9.19. The quantitative estimate of drug-likeness (QED) is 0.622. The Balaban J connectivity index is 3.03. The molecule has 0 aliphatic rings. The van der Waals surface area contributed by atoms with Crippen molar-refractivity contribution in [1.29, 1.82) is 0 Å². The van der Waals surface area contributed by atoms with E-state index in [-0.39, 0.29) is 0 Å². The SMILES string of the molecule is COC(C)(O)c1cccc(Br)n1. The van der Waals surface area contributed by atoms with Gasteiger partial charge in [-0.15, -0.1) is 0 Å². The van der Waals surface area contributed by atoms with Crippen LogP contribution in [0, 0.1) is 0 Å². The van der Waals surface area contributed by atoms with Gasteiger partial charge in [-0.1, -0.05) is 6.07 Å². The Morgan fingerprint density at radius 1 is 1.58 bits per heavy atom. The number of nitrogens with zero attached hydrogens (tertiary/aromatic N) is 1. The van der Waals surface area contributed by atoms with Gasteiger partial charge in [-0.25, -0.2) is 4.98 Å². The van der Waals surface area contributed by atoms with Crippen LogP contribution in [0.3, 0.4) is 0 Å². The number of aliphatic hydroxyl groups is 1. The van der Waals surface area contributed by atoms with Gasteiger partial charge in [0.2, 0.25) is 5.79 Å². The highest BCUT2D eigenvalue weighted by Gasteiger charge is 2.23. The van der Waals surface area contributed by atoms with Crippen molar-refractivity contribution in [2.75, 3.05) is 7.11 Å². The lowest BCUT2D eigenvalue weighted by Crippen LogP contribution is -2.24. The summed E-state index contributed by atoms with van der Waals surface area (Å²) in [7, 11) is 1.43. The number of aromatic nitrogens is 1. The van der Waals surface area contributed by atoms with Gasteiger partial charge in [0.1, 0.15) is 10.3 Å². The number of methoxy groups -OCH3 is 1. The first-order valence-electron chi connectivity index (χ1n) is 3.47. The lowest BCUT2D eigenvalue weighted by molar-refractivity contribution is -0.181. The number of hydrogen-bond donors (Lipinski definition) is 1. The minimum absolute atomic E-state index is 0.486. The lowest BCUT2D eigenvalue weighted by Gasteiger charge is -2.20. The summed E-state index contributed by atoms with van der Waals surface area (Å²) in [5.74, 6) is -1.32. The van der Waals surface area contributed by atoms with E-state index in [1.54, 1.807) is 25.1 Å². The van der Waals surface area contributed by atoms with Crippen LogP contribution in [-0.4, -0.2) is 17.2 Å². The molecule has 0 aliphatic heterocycles. The molecule has 0 bridgehead atoms. The van der Waals surface area contributed by atoms with Crippen molar-refractivity contribution in [3.05, 3.63) is 28.5 Å². The van der Waals surface area contributed by atoms with Crippen molar-refractivity contribution in [2.24, 2.45) is 0 Å². The summed E-state index contributed by atoms with van der Waals surface area (Å²) < 4.78 is 5.53. The zero-order valence-electron chi connectivity index (χ0n) is 6.91. The highest BCUT2D eigenvalue weighted by atomic mass is 79.9. The molecule has 12 heavy (non-hydrogen) atoms. The van der Waals surface area contributed by atoms with Gasteiger partial charge in [0.05, 0.1) is 0 Å². The van der Waals surface area contributed by atoms with Crippen LogP contribution in [0.5, 0.6) is 0 Å². The van der Waals surface area contributed by atoms with Crippen molar-refractivity contribution in [1.82, 2.24) is 4.98 Å². The van der Waals surface area contributed by atoms with Gasteiger partial charge in [-0.2, -0.15) is 0 Å². The molecule has 1 aromatic heterocycles. The van der Waals surface area contributed by atoms with Crippen molar-refractivity contribution < 1.29 is 9.84 Å². The summed E-state index contributed by atoms with van der Waals surface area (Å²) in [5.41, 5.74) is 0.486. The Labute approximate surface area is 79.5 Å². The van der Waals surface area contributed by atoms with Gasteiger partial charge in [0.15, 0.2) is 0 Å². The number of rotatable bonds is 2. The van der Waals surface area contributed by atoms with E-state index in [2.05, 4.69) is 20.9 Å². The molecule has 0 fully saturated rings. The Bertz CT molecular complexity index is 276. The maximum Gasteiger partial charge on any atom is 0.206 e. The number of ether oxygens (including phenoxy) is 1. The van der Waals surface area contributed by atoms with Gasteiger partial charge in [-0.3, -0.25) is 0 Å². The summed E-state index contributed by atoms with van der Waals surface area (Å²) in [6.07, 6.45) is 0. The molecular formula is C8H10BrNO2. The van der Waals surface area contributed by atoms with Crippen LogP contribution >= 0.6 is 15.9 Å². The summed E-state index contributed by atoms with van der Waals surface area (Å²) >= 11 is 3.21. The van der Waals surface area contributed by atoms with Crippen molar-refractivity contribution in [3.63, 3.8) is 0 Å². The predicted octanol–water partition coefficient (Wildman–Crippen LogP) is 1.66. The predicted molar refractivity (Wildman–Crippen MR) is 48.5 cm³/mol. The zero-order valence-corrected chi connectivity index (χ0v) is 8.50. The van der Waals surface area contributed by atoms with E-state index in [9.17, 15) is 5.11 Å². The first kappa shape index (κ1) is 9.64. The van der Waals surface area contributed by atoms with Gasteiger partial charge in [0.25, 0.3) is 0 Å². The summed E-state index contributed by atoms with van der Waals surface area (Å²) in [5, 5.41) is 9.61. The molecule has 0 radical (unpaired) electrons. The maximum absolute atomic E-state index is 9.61. The molecule has 0 aromatic carbocycles. The molecule has 4 heteroatoms. The van der Waals surface area contributed by atoms with E-state index in [1.807, 2.05) is 0 Å². The fourth-order valence-electron chi connectivity index (χ4n) is 0.771. The van der Waals surface area contributed by atoms with Crippen LogP contribution in [0.4, 0.5) is 0 Å². The number of halogens is 1. The molecule has 1 rings (SSSR count). The van der Waals surface area contributed by atoms with Gasteiger partial charge in [-0.05, 0) is 35.0 Å². The topological polar surface area (TPSA) is 42.4 Å². The Kier molecular flexibility index (Phi) is 2.82. The van der Waals surface area contributed by atoms with Crippen LogP contribution in [0.2, 0.25) is 0 Å². The third-order valence-electron chi connectivity index (χ3n) is 1.59. The van der Waals surface area contributed by atoms with Crippen LogP contribution < -0.4 is 0 Å². The average Bonchev–Trinajstić information content (AvgIpc) is 2.05. The van der Waals surface area contributed by atoms with E-state index in [0.29, 0.717) is 10.3 Å². The van der Waals surface area contributed by atoms with Crippen LogP contribution in [-0.2, 0) is 10.5 Å². The molecule has 0 aliphatic carbocycles. The number of pyridine rings is 1.